The van der Waals surface area contributed by atoms with Crippen LogP contribution < -0.4 is 5.32 Å². The average Bonchev–Trinajstić information content (AvgIpc) is 2.84. The lowest BCUT2D eigenvalue weighted by molar-refractivity contribution is -0.137. The van der Waals surface area contributed by atoms with Crippen molar-refractivity contribution in [3.05, 3.63) is 70.8 Å². The lowest BCUT2D eigenvalue weighted by Crippen LogP contribution is -2.60. The maximum Gasteiger partial charge on any atom is 0.416 e. The van der Waals surface area contributed by atoms with Crippen LogP contribution in [0.25, 0.3) is 0 Å². The molecule has 5 nitrogen and oxygen atoms in total. The van der Waals surface area contributed by atoms with Gasteiger partial charge in [0.25, 0.3) is 0 Å². The van der Waals surface area contributed by atoms with Crippen LogP contribution in [0.3, 0.4) is 0 Å². The van der Waals surface area contributed by atoms with Gasteiger partial charge in [-0.15, -0.1) is 0 Å². The van der Waals surface area contributed by atoms with E-state index in [4.69, 9.17) is 4.74 Å². The van der Waals surface area contributed by atoms with Crippen LogP contribution in [0.15, 0.2) is 48.5 Å². The number of halogens is 3. The van der Waals surface area contributed by atoms with Crippen LogP contribution in [0.5, 0.6) is 0 Å². The maximum atomic E-state index is 13.4. The quantitative estimate of drug-likeness (QED) is 0.591. The summed E-state index contributed by atoms with van der Waals surface area (Å²) in [5.74, 6) is -0.250. The minimum absolute atomic E-state index is 0.0640. The number of rotatable bonds is 6. The first kappa shape index (κ1) is 24.3. The molecule has 2 bridgehead atoms. The fourth-order valence-electron chi connectivity index (χ4n) is 5.26. The summed E-state index contributed by atoms with van der Waals surface area (Å²) in [4.78, 5) is 27.2. The zero-order chi connectivity index (χ0) is 24.5. The third-order valence-electron chi connectivity index (χ3n) is 7.12. The van der Waals surface area contributed by atoms with E-state index in [0.29, 0.717) is 12.1 Å². The number of alkyl halides is 3. The molecule has 0 radical (unpaired) electrons. The summed E-state index contributed by atoms with van der Waals surface area (Å²) in [6.45, 7) is 2.34. The Bertz CT molecular complexity index is 1010. The van der Waals surface area contributed by atoms with Crippen LogP contribution in [0.4, 0.5) is 13.2 Å². The van der Waals surface area contributed by atoms with Crippen LogP contribution in [0.1, 0.15) is 65.7 Å². The predicted molar refractivity (Wildman–Crippen MR) is 121 cm³/mol. The Morgan fingerprint density at radius 1 is 1.03 bits per heavy atom. The highest BCUT2D eigenvalue weighted by Crippen LogP contribution is 2.41. The van der Waals surface area contributed by atoms with E-state index in [2.05, 4.69) is 10.2 Å². The van der Waals surface area contributed by atoms with Gasteiger partial charge in [-0.3, -0.25) is 9.69 Å². The Labute approximate surface area is 197 Å². The smallest absolute Gasteiger partial charge is 0.416 e. The second kappa shape index (κ2) is 9.78. The largest absolute Gasteiger partial charge is 0.465 e. The van der Waals surface area contributed by atoms with E-state index in [-0.39, 0.29) is 30.0 Å². The molecular weight excluding hydrogens is 445 g/mol. The number of benzene rings is 2. The van der Waals surface area contributed by atoms with E-state index in [1.54, 1.807) is 24.3 Å². The third kappa shape index (κ3) is 5.12. The molecule has 0 spiro atoms. The first-order valence-electron chi connectivity index (χ1n) is 11.6. The van der Waals surface area contributed by atoms with Crippen molar-refractivity contribution in [1.29, 1.82) is 0 Å². The molecule has 1 unspecified atom stereocenters. The van der Waals surface area contributed by atoms with Gasteiger partial charge < -0.3 is 10.1 Å². The van der Waals surface area contributed by atoms with Gasteiger partial charge in [0.05, 0.1) is 30.3 Å². The van der Waals surface area contributed by atoms with Crippen LogP contribution in [0, 0.1) is 5.92 Å². The van der Waals surface area contributed by atoms with Crippen molar-refractivity contribution in [3.63, 3.8) is 0 Å². The summed E-state index contributed by atoms with van der Waals surface area (Å²) >= 11 is 0. The third-order valence-corrected chi connectivity index (χ3v) is 7.12. The summed E-state index contributed by atoms with van der Waals surface area (Å²) in [7, 11) is 1.33. The molecule has 2 atom stereocenters. The molecule has 1 amide bonds. The molecule has 2 heterocycles. The summed E-state index contributed by atoms with van der Waals surface area (Å²) in [6.07, 6.45) is -0.404. The van der Waals surface area contributed by atoms with Crippen molar-refractivity contribution < 1.29 is 27.5 Å². The first-order chi connectivity index (χ1) is 16.2. The Hall–Kier alpha value is -2.87. The van der Waals surface area contributed by atoms with Gasteiger partial charge >= 0.3 is 12.1 Å². The number of esters is 1. The molecule has 5 rings (SSSR count). The first-order valence-corrected chi connectivity index (χ1v) is 11.6. The standard InChI is InChI=1S/C26H29F3N2O3/c1-16(18-5-7-20(8-6-18)25(33)34-2)30-24(32)23-19-9-13-22(14-10-19)31(23)15-17-3-11-21(12-4-17)26(27,28)29/h3-8,11-12,16,19,22-23H,9-10,13-15H2,1-2H3,(H,30,32)/t16-,19?,22?,23?/m0/s1. The highest BCUT2D eigenvalue weighted by molar-refractivity contribution is 5.89. The summed E-state index contributed by atoms with van der Waals surface area (Å²) in [5, 5.41) is 3.11. The van der Waals surface area contributed by atoms with Gasteiger partial charge in [-0.05, 0) is 73.9 Å². The van der Waals surface area contributed by atoms with Gasteiger partial charge in [-0.1, -0.05) is 24.3 Å². The minimum atomic E-state index is -4.36. The zero-order valence-corrected chi connectivity index (χ0v) is 19.3. The van der Waals surface area contributed by atoms with Crippen LogP contribution in [-0.2, 0) is 22.3 Å². The normalized spacial score (nSPS) is 23.4. The number of nitrogens with zero attached hydrogens (tertiary/aromatic N) is 1. The molecule has 182 valence electrons. The zero-order valence-electron chi connectivity index (χ0n) is 19.3. The van der Waals surface area contributed by atoms with Gasteiger partial charge in [0, 0.05) is 12.6 Å². The number of methoxy groups -OCH3 is 1. The van der Waals surface area contributed by atoms with Crippen LogP contribution in [0.2, 0.25) is 0 Å². The van der Waals surface area contributed by atoms with E-state index < -0.39 is 17.7 Å². The molecule has 3 fully saturated rings. The van der Waals surface area contributed by atoms with Crippen molar-refractivity contribution in [1.82, 2.24) is 10.2 Å². The Morgan fingerprint density at radius 3 is 2.21 bits per heavy atom. The second-order valence-corrected chi connectivity index (χ2v) is 9.22. The van der Waals surface area contributed by atoms with Crippen molar-refractivity contribution in [3.8, 4) is 0 Å². The molecule has 3 aliphatic rings. The number of hydrogen-bond acceptors (Lipinski definition) is 4. The van der Waals surface area contributed by atoms with Gasteiger partial charge in [0.1, 0.15) is 0 Å². The molecular formula is C26H29F3N2O3. The maximum absolute atomic E-state index is 13.4. The van der Waals surface area contributed by atoms with Gasteiger partial charge in [0.2, 0.25) is 5.91 Å². The molecule has 8 heteroatoms. The molecule has 2 aliphatic heterocycles. The van der Waals surface area contributed by atoms with E-state index >= 15 is 0 Å². The number of ether oxygens (including phenoxy) is 1. The van der Waals surface area contributed by atoms with Crippen molar-refractivity contribution >= 4 is 11.9 Å². The van der Waals surface area contributed by atoms with Gasteiger partial charge in [0.15, 0.2) is 0 Å². The summed E-state index contributed by atoms with van der Waals surface area (Å²) < 4.78 is 43.5. The van der Waals surface area contributed by atoms with Crippen molar-refractivity contribution in [2.24, 2.45) is 5.92 Å². The number of carbonyl (C=O) groups excluding carboxylic acids is 2. The van der Waals surface area contributed by atoms with E-state index in [0.717, 1.165) is 48.9 Å². The van der Waals surface area contributed by atoms with Crippen LogP contribution in [-0.4, -0.2) is 36.0 Å². The molecule has 2 aromatic rings. The molecule has 0 aromatic heterocycles. The van der Waals surface area contributed by atoms with Gasteiger partial charge in [-0.2, -0.15) is 13.2 Å². The second-order valence-electron chi connectivity index (χ2n) is 9.22. The lowest BCUT2D eigenvalue weighted by Gasteiger charge is -2.50. The number of hydrogen-bond donors (Lipinski definition) is 1. The van der Waals surface area contributed by atoms with E-state index in [1.807, 2.05) is 6.92 Å². The molecule has 1 saturated carbocycles. The fourth-order valence-corrected chi connectivity index (χ4v) is 5.26. The van der Waals surface area contributed by atoms with Crippen molar-refractivity contribution in [2.45, 2.75) is 63.5 Å². The molecule has 2 aromatic carbocycles. The van der Waals surface area contributed by atoms with E-state index in [1.165, 1.54) is 19.2 Å². The SMILES string of the molecule is COC(=O)c1ccc([C@H](C)NC(=O)C2C3CCC(CC3)N2Cc2ccc(C(F)(F)F)cc2)cc1. The van der Waals surface area contributed by atoms with Gasteiger partial charge in [-0.25, -0.2) is 4.79 Å². The molecule has 1 aliphatic carbocycles. The van der Waals surface area contributed by atoms with Crippen molar-refractivity contribution in [2.75, 3.05) is 7.11 Å². The lowest BCUT2D eigenvalue weighted by atomic mass is 9.74. The highest BCUT2D eigenvalue weighted by Gasteiger charge is 2.45. The molecule has 34 heavy (non-hydrogen) atoms. The number of piperidine rings is 2. The molecule has 2 saturated heterocycles. The predicted octanol–water partition coefficient (Wildman–Crippen LogP) is 5.11. The Kier molecular flexibility index (Phi) is 6.98. The summed E-state index contributed by atoms with van der Waals surface area (Å²) in [6, 6.07) is 11.8. The fraction of sp³-hybridized carbons (Fsp3) is 0.462. The van der Waals surface area contributed by atoms with Crippen LogP contribution >= 0.6 is 0 Å². The number of fused-ring (bicyclic) bond motifs is 3. The van der Waals surface area contributed by atoms with E-state index in [9.17, 15) is 22.8 Å². The highest BCUT2D eigenvalue weighted by atomic mass is 19.4. The minimum Gasteiger partial charge on any atom is -0.465 e. The number of carbonyl (C=O) groups is 2. The number of nitrogens with one attached hydrogen (secondary N) is 1. The Morgan fingerprint density at radius 2 is 1.65 bits per heavy atom. The average molecular weight is 475 g/mol. The Balaban J connectivity index is 1.47. The summed E-state index contributed by atoms with van der Waals surface area (Å²) in [5.41, 5.74) is 1.41. The monoisotopic (exact) mass is 474 g/mol. The molecule has 1 N–H and O–H groups in total. The number of amides is 1. The topological polar surface area (TPSA) is 58.6 Å².